The molecule has 0 bridgehead atoms. The second-order valence-electron chi connectivity index (χ2n) is 4.22. The fourth-order valence-electron chi connectivity index (χ4n) is 1.67. The van der Waals surface area contributed by atoms with Crippen LogP contribution in [-0.2, 0) is 9.59 Å². The Morgan fingerprint density at radius 3 is 2.57 bits per heavy atom. The number of ether oxygens (including phenoxy) is 1. The molecule has 21 heavy (non-hydrogen) atoms. The van der Waals surface area contributed by atoms with Crippen LogP contribution in [0.2, 0.25) is 0 Å². The average Bonchev–Trinajstić information content (AvgIpc) is 2.88. The number of nitrogens with zero attached hydrogens (tertiary/aromatic N) is 3. The number of rotatable bonds is 3. The van der Waals surface area contributed by atoms with Crippen LogP contribution in [0, 0.1) is 0 Å². The number of likely N-dealkylation sites (N-methyl/N-ethyl adjacent to an activating group) is 1. The minimum absolute atomic E-state index is 0.640. The Labute approximate surface area is 126 Å². The van der Waals surface area contributed by atoms with E-state index in [1.54, 1.807) is 0 Å². The lowest BCUT2D eigenvalue weighted by Crippen LogP contribution is -2.25. The van der Waals surface area contributed by atoms with E-state index in [1.807, 2.05) is 6.92 Å². The number of hydrogen-bond donors (Lipinski definition) is 2. The first-order valence-corrected chi connectivity index (χ1v) is 6.98. The van der Waals surface area contributed by atoms with Gasteiger partial charge in [-0.15, -0.1) is 4.37 Å². The van der Waals surface area contributed by atoms with Crippen molar-refractivity contribution in [3.05, 3.63) is 11.8 Å². The fraction of sp³-hybridized carbons (Fsp3) is 0.500. The molecule has 2 heterocycles. The highest BCUT2D eigenvalue weighted by Gasteiger charge is 2.17. The maximum absolute atomic E-state index is 9.10. The highest BCUT2D eigenvalue weighted by atomic mass is 32.1. The van der Waals surface area contributed by atoms with Gasteiger partial charge in [0, 0.05) is 13.1 Å². The predicted molar refractivity (Wildman–Crippen MR) is 76.4 cm³/mol. The van der Waals surface area contributed by atoms with Gasteiger partial charge in [0.25, 0.3) is 5.88 Å². The zero-order valence-corrected chi connectivity index (χ0v) is 12.6. The van der Waals surface area contributed by atoms with E-state index in [0.717, 1.165) is 25.2 Å². The summed E-state index contributed by atoms with van der Waals surface area (Å²) in [5, 5.41) is 14.8. The summed E-state index contributed by atoms with van der Waals surface area (Å²) in [5.74, 6) is -2.96. The van der Waals surface area contributed by atoms with E-state index >= 15 is 0 Å². The van der Waals surface area contributed by atoms with E-state index in [2.05, 4.69) is 26.8 Å². The van der Waals surface area contributed by atoms with Crippen LogP contribution in [0.15, 0.2) is 6.08 Å². The maximum atomic E-state index is 9.10. The number of hydrogen-bond acceptors (Lipinski definition) is 7. The molecule has 1 aliphatic rings. The molecule has 0 unspecified atom stereocenters. The molecule has 1 aromatic heterocycles. The number of carboxylic acids is 2. The van der Waals surface area contributed by atoms with Crippen LogP contribution >= 0.6 is 11.7 Å². The summed E-state index contributed by atoms with van der Waals surface area (Å²) in [5.41, 5.74) is 2.16. The Morgan fingerprint density at radius 1 is 1.38 bits per heavy atom. The molecule has 0 atom stereocenters. The molecule has 0 radical (unpaired) electrons. The van der Waals surface area contributed by atoms with Crippen LogP contribution < -0.4 is 4.74 Å². The second kappa shape index (κ2) is 8.32. The van der Waals surface area contributed by atoms with Crippen molar-refractivity contribution in [2.45, 2.75) is 13.3 Å². The average molecular weight is 315 g/mol. The lowest BCUT2D eigenvalue weighted by molar-refractivity contribution is -0.159. The number of carboxylic acid groups (broad SMARTS) is 2. The van der Waals surface area contributed by atoms with Crippen molar-refractivity contribution in [3.8, 4) is 5.88 Å². The lowest BCUT2D eigenvalue weighted by atomic mass is 10.1. The Balaban J connectivity index is 0.000000315. The quantitative estimate of drug-likeness (QED) is 0.788. The molecule has 0 fully saturated rings. The van der Waals surface area contributed by atoms with Crippen molar-refractivity contribution in [2.24, 2.45) is 0 Å². The van der Waals surface area contributed by atoms with Crippen LogP contribution in [0.25, 0.3) is 5.57 Å². The van der Waals surface area contributed by atoms with Crippen LogP contribution in [0.3, 0.4) is 0 Å². The van der Waals surface area contributed by atoms with Gasteiger partial charge in [0.2, 0.25) is 0 Å². The van der Waals surface area contributed by atoms with E-state index in [0.29, 0.717) is 12.5 Å². The molecule has 0 aromatic carbocycles. The maximum Gasteiger partial charge on any atom is 0.414 e. The number of aromatic nitrogens is 2. The van der Waals surface area contributed by atoms with Crippen LogP contribution in [0.4, 0.5) is 0 Å². The van der Waals surface area contributed by atoms with E-state index in [4.69, 9.17) is 24.5 Å². The zero-order valence-electron chi connectivity index (χ0n) is 11.8. The van der Waals surface area contributed by atoms with Crippen molar-refractivity contribution < 1.29 is 24.5 Å². The molecule has 0 spiro atoms. The Hall–Kier alpha value is -2.00. The van der Waals surface area contributed by atoms with Gasteiger partial charge in [0.1, 0.15) is 5.69 Å². The summed E-state index contributed by atoms with van der Waals surface area (Å²) in [7, 11) is 2.12. The molecular formula is C12H17N3O5S. The first-order valence-electron chi connectivity index (χ1n) is 6.25. The monoisotopic (exact) mass is 315 g/mol. The highest BCUT2D eigenvalue weighted by molar-refractivity contribution is 6.99. The molecule has 0 saturated carbocycles. The SMILES string of the molecule is CCOc1nsnc1C1=CCCN(C)C1.O=C(O)C(=O)O. The van der Waals surface area contributed by atoms with Crippen molar-refractivity contribution >= 4 is 29.2 Å². The molecule has 0 saturated heterocycles. The number of aliphatic carboxylic acids is 2. The van der Waals surface area contributed by atoms with Gasteiger partial charge in [0.15, 0.2) is 0 Å². The first kappa shape index (κ1) is 17.1. The molecule has 9 heteroatoms. The summed E-state index contributed by atoms with van der Waals surface area (Å²) in [6.07, 6.45) is 3.31. The van der Waals surface area contributed by atoms with E-state index in [1.165, 1.54) is 17.3 Å². The molecular weight excluding hydrogens is 298 g/mol. The number of carbonyl (C=O) groups is 2. The molecule has 8 nitrogen and oxygen atoms in total. The fourth-order valence-corrected chi connectivity index (χ4v) is 2.20. The Morgan fingerprint density at radius 2 is 2.05 bits per heavy atom. The minimum atomic E-state index is -1.82. The molecule has 1 aromatic rings. The smallest absolute Gasteiger partial charge is 0.414 e. The Bertz CT molecular complexity index is 517. The van der Waals surface area contributed by atoms with Crippen LogP contribution in [0.5, 0.6) is 5.88 Å². The Kier molecular flexibility index (Phi) is 6.76. The molecule has 0 aliphatic carbocycles. The molecule has 116 valence electrons. The summed E-state index contributed by atoms with van der Waals surface area (Å²) in [4.78, 5) is 20.5. The van der Waals surface area contributed by atoms with Gasteiger partial charge < -0.3 is 19.8 Å². The molecule has 1 aliphatic heterocycles. The normalized spacial score (nSPS) is 14.7. The van der Waals surface area contributed by atoms with Gasteiger partial charge in [-0.05, 0) is 26.0 Å². The topological polar surface area (TPSA) is 113 Å². The summed E-state index contributed by atoms with van der Waals surface area (Å²) in [6, 6.07) is 0. The van der Waals surface area contributed by atoms with E-state index < -0.39 is 11.9 Å². The van der Waals surface area contributed by atoms with Gasteiger partial charge in [-0.25, -0.2) is 9.59 Å². The predicted octanol–water partition coefficient (Wildman–Crippen LogP) is 0.811. The van der Waals surface area contributed by atoms with Crippen molar-refractivity contribution in [3.63, 3.8) is 0 Å². The lowest BCUT2D eigenvalue weighted by Gasteiger charge is -2.21. The third-order valence-electron chi connectivity index (χ3n) is 2.57. The van der Waals surface area contributed by atoms with Gasteiger partial charge in [-0.2, -0.15) is 4.37 Å². The summed E-state index contributed by atoms with van der Waals surface area (Å²) < 4.78 is 13.9. The van der Waals surface area contributed by atoms with Crippen LogP contribution in [0.1, 0.15) is 19.0 Å². The first-order chi connectivity index (χ1) is 9.95. The third-order valence-corrected chi connectivity index (χ3v) is 3.08. The van der Waals surface area contributed by atoms with Gasteiger partial charge in [0.05, 0.1) is 18.3 Å². The zero-order chi connectivity index (χ0) is 15.8. The van der Waals surface area contributed by atoms with Crippen molar-refractivity contribution in [1.29, 1.82) is 0 Å². The second-order valence-corrected chi connectivity index (χ2v) is 4.75. The van der Waals surface area contributed by atoms with E-state index in [-0.39, 0.29) is 0 Å². The summed E-state index contributed by atoms with van der Waals surface area (Å²) in [6.45, 7) is 4.66. The van der Waals surface area contributed by atoms with Crippen molar-refractivity contribution in [1.82, 2.24) is 13.6 Å². The molecule has 2 rings (SSSR count). The standard InChI is InChI=1S/C10H15N3OS.C2H2O4/c1-3-14-10-9(11-15-12-10)8-5-4-6-13(2)7-8;3-1(4)2(5)6/h5H,3-4,6-7H2,1-2H3;(H,3,4)(H,5,6). The minimum Gasteiger partial charge on any atom is -0.476 e. The summed E-state index contributed by atoms with van der Waals surface area (Å²) >= 11 is 1.22. The van der Waals surface area contributed by atoms with E-state index in [9.17, 15) is 0 Å². The van der Waals surface area contributed by atoms with Gasteiger partial charge in [-0.1, -0.05) is 6.08 Å². The molecule has 2 N–H and O–H groups in total. The third kappa shape index (κ3) is 5.48. The highest BCUT2D eigenvalue weighted by Crippen LogP contribution is 2.26. The van der Waals surface area contributed by atoms with Crippen molar-refractivity contribution in [2.75, 3.05) is 26.7 Å². The van der Waals surface area contributed by atoms with Gasteiger partial charge >= 0.3 is 11.9 Å². The van der Waals surface area contributed by atoms with Crippen LogP contribution in [-0.4, -0.2) is 62.5 Å². The molecule has 0 amide bonds. The van der Waals surface area contributed by atoms with Gasteiger partial charge in [-0.3, -0.25) is 0 Å². The largest absolute Gasteiger partial charge is 0.476 e.